The number of carbonyl (C=O) groups is 1. The number of amides is 1. The minimum absolute atomic E-state index is 0.153. The maximum absolute atomic E-state index is 12.4. The molecule has 122 valence electrons. The van der Waals surface area contributed by atoms with Gasteiger partial charge in [-0.2, -0.15) is 0 Å². The Morgan fingerprint density at radius 3 is 2.52 bits per heavy atom. The van der Waals surface area contributed by atoms with Crippen molar-refractivity contribution in [2.45, 2.75) is 51.2 Å². The van der Waals surface area contributed by atoms with Crippen molar-refractivity contribution in [1.29, 1.82) is 0 Å². The number of likely N-dealkylation sites (tertiary alicyclic amines) is 1. The van der Waals surface area contributed by atoms with Gasteiger partial charge in [0.05, 0.1) is 6.10 Å². The van der Waals surface area contributed by atoms with Crippen LogP contribution in [-0.4, -0.2) is 66.2 Å². The molecule has 2 rings (SSSR count). The molecule has 2 aliphatic rings. The molecule has 1 amide bonds. The van der Waals surface area contributed by atoms with Gasteiger partial charge in [-0.05, 0) is 58.0 Å². The number of hydrogen-bond acceptors (Lipinski definition) is 4. The fraction of sp³-hybridized carbons (Fsp3) is 0.938. The van der Waals surface area contributed by atoms with Gasteiger partial charge in [0, 0.05) is 32.1 Å². The highest BCUT2D eigenvalue weighted by atomic mass is 16.3. The summed E-state index contributed by atoms with van der Waals surface area (Å²) in [6, 6.07) is 0.219. The first-order valence-electron chi connectivity index (χ1n) is 8.36. The summed E-state index contributed by atoms with van der Waals surface area (Å²) in [5.74, 6) is 1.04. The maximum Gasteiger partial charge on any atom is 0.225 e. The zero-order chi connectivity index (χ0) is 15.4. The van der Waals surface area contributed by atoms with Crippen LogP contribution in [-0.2, 0) is 4.79 Å². The number of carbonyl (C=O) groups excluding carboxylic acids is 1. The molecule has 21 heavy (non-hydrogen) atoms. The Labute approximate surface area is 128 Å². The molecule has 3 atom stereocenters. The molecule has 0 radical (unpaired) electrons. The van der Waals surface area contributed by atoms with Gasteiger partial charge in [-0.1, -0.05) is 0 Å². The van der Waals surface area contributed by atoms with Crippen LogP contribution in [0.2, 0.25) is 0 Å². The maximum atomic E-state index is 12.4. The highest BCUT2D eigenvalue weighted by Gasteiger charge is 2.31. The predicted octanol–water partition coefficient (Wildman–Crippen LogP) is 0.665. The summed E-state index contributed by atoms with van der Waals surface area (Å²) in [5.41, 5.74) is 5.91. The molecule has 1 heterocycles. The van der Waals surface area contributed by atoms with Gasteiger partial charge >= 0.3 is 0 Å². The summed E-state index contributed by atoms with van der Waals surface area (Å²) in [6.07, 6.45) is 4.79. The standard InChI is InChI=1S/C16H31N3O2/c1-12(20)10-19-7-5-13(6-8-19)11-18(2)16(21)14-3-4-15(17)9-14/h12-15,20H,3-11,17H2,1-2H3. The smallest absolute Gasteiger partial charge is 0.225 e. The Hall–Kier alpha value is -0.650. The molecular formula is C16H31N3O2. The molecule has 1 saturated carbocycles. The van der Waals surface area contributed by atoms with Gasteiger partial charge in [0.2, 0.25) is 5.91 Å². The van der Waals surface area contributed by atoms with E-state index >= 15 is 0 Å². The zero-order valence-corrected chi connectivity index (χ0v) is 13.5. The Kier molecular flexibility index (Phi) is 6.02. The Balaban J connectivity index is 1.71. The lowest BCUT2D eigenvalue weighted by Crippen LogP contribution is -2.42. The van der Waals surface area contributed by atoms with Crippen LogP contribution in [0.15, 0.2) is 0 Å². The van der Waals surface area contributed by atoms with Crippen molar-refractivity contribution in [1.82, 2.24) is 9.80 Å². The van der Waals surface area contributed by atoms with Gasteiger partial charge in [0.25, 0.3) is 0 Å². The fourth-order valence-corrected chi connectivity index (χ4v) is 3.75. The third-order valence-corrected chi connectivity index (χ3v) is 4.96. The Morgan fingerprint density at radius 2 is 2.00 bits per heavy atom. The fourth-order valence-electron chi connectivity index (χ4n) is 3.75. The predicted molar refractivity (Wildman–Crippen MR) is 83.8 cm³/mol. The van der Waals surface area contributed by atoms with Crippen molar-refractivity contribution in [2.24, 2.45) is 17.6 Å². The molecule has 0 aromatic carbocycles. The second-order valence-corrected chi connectivity index (χ2v) is 7.08. The molecule has 5 nitrogen and oxygen atoms in total. The van der Waals surface area contributed by atoms with E-state index in [-0.39, 0.29) is 24.0 Å². The highest BCUT2D eigenvalue weighted by Crippen LogP contribution is 2.26. The van der Waals surface area contributed by atoms with Crippen LogP contribution in [0, 0.1) is 11.8 Å². The average Bonchev–Trinajstić information content (AvgIpc) is 2.86. The summed E-state index contributed by atoms with van der Waals surface area (Å²) < 4.78 is 0. The van der Waals surface area contributed by atoms with Gasteiger partial charge in [-0.25, -0.2) is 0 Å². The summed E-state index contributed by atoms with van der Waals surface area (Å²) in [4.78, 5) is 16.6. The van der Waals surface area contributed by atoms with Gasteiger partial charge in [-0.15, -0.1) is 0 Å². The second-order valence-electron chi connectivity index (χ2n) is 7.08. The summed E-state index contributed by atoms with van der Waals surface area (Å²) in [7, 11) is 1.94. The number of piperidine rings is 1. The van der Waals surface area contributed by atoms with E-state index in [2.05, 4.69) is 4.90 Å². The van der Waals surface area contributed by atoms with E-state index in [0.717, 1.165) is 58.3 Å². The van der Waals surface area contributed by atoms with Crippen LogP contribution < -0.4 is 5.73 Å². The second kappa shape index (κ2) is 7.56. The largest absolute Gasteiger partial charge is 0.392 e. The first-order chi connectivity index (χ1) is 9.95. The van der Waals surface area contributed by atoms with Crippen LogP contribution in [0.25, 0.3) is 0 Å². The zero-order valence-electron chi connectivity index (χ0n) is 13.5. The Morgan fingerprint density at radius 1 is 1.33 bits per heavy atom. The summed E-state index contributed by atoms with van der Waals surface area (Å²) >= 11 is 0. The van der Waals surface area contributed by atoms with Gasteiger partial charge < -0.3 is 20.6 Å². The molecule has 5 heteroatoms. The van der Waals surface area contributed by atoms with Crippen molar-refractivity contribution in [2.75, 3.05) is 33.2 Å². The lowest BCUT2D eigenvalue weighted by Gasteiger charge is -2.34. The minimum atomic E-state index is -0.252. The normalized spacial score (nSPS) is 29.5. The van der Waals surface area contributed by atoms with Crippen molar-refractivity contribution in [3.8, 4) is 0 Å². The quantitative estimate of drug-likeness (QED) is 0.782. The average molecular weight is 297 g/mol. The van der Waals surface area contributed by atoms with E-state index < -0.39 is 0 Å². The van der Waals surface area contributed by atoms with Crippen LogP contribution in [0.1, 0.15) is 39.0 Å². The van der Waals surface area contributed by atoms with Gasteiger partial charge in [-0.3, -0.25) is 4.79 Å². The molecular weight excluding hydrogens is 266 g/mol. The molecule has 3 unspecified atom stereocenters. The molecule has 1 aliphatic carbocycles. The van der Waals surface area contributed by atoms with Crippen LogP contribution in [0.3, 0.4) is 0 Å². The van der Waals surface area contributed by atoms with E-state index in [1.807, 2.05) is 18.9 Å². The van der Waals surface area contributed by atoms with Gasteiger partial charge in [0.1, 0.15) is 0 Å². The van der Waals surface area contributed by atoms with Crippen molar-refractivity contribution in [3.63, 3.8) is 0 Å². The third kappa shape index (κ3) is 4.94. The topological polar surface area (TPSA) is 69.8 Å². The number of aliphatic hydroxyl groups excluding tert-OH is 1. The SMILES string of the molecule is CC(O)CN1CCC(CN(C)C(=O)C2CCC(N)C2)CC1. The van der Waals surface area contributed by atoms with E-state index in [0.29, 0.717) is 5.92 Å². The molecule has 1 aliphatic heterocycles. The number of aliphatic hydroxyl groups is 1. The van der Waals surface area contributed by atoms with E-state index in [9.17, 15) is 9.90 Å². The van der Waals surface area contributed by atoms with Gasteiger partial charge in [0.15, 0.2) is 0 Å². The minimum Gasteiger partial charge on any atom is -0.392 e. The van der Waals surface area contributed by atoms with E-state index in [1.165, 1.54) is 0 Å². The summed E-state index contributed by atoms with van der Waals surface area (Å²) in [5, 5.41) is 9.43. The molecule has 2 fully saturated rings. The number of β-amino-alcohol motifs (C(OH)–C–C–N with tert-alkyl or cyclic N) is 1. The monoisotopic (exact) mass is 297 g/mol. The molecule has 3 N–H and O–H groups in total. The summed E-state index contributed by atoms with van der Waals surface area (Å²) in [6.45, 7) is 5.54. The first kappa shape index (κ1) is 16.7. The lowest BCUT2D eigenvalue weighted by atomic mass is 9.95. The van der Waals surface area contributed by atoms with Crippen molar-refractivity contribution in [3.05, 3.63) is 0 Å². The highest BCUT2D eigenvalue weighted by molar-refractivity contribution is 5.79. The number of nitrogens with two attached hydrogens (primary N) is 1. The Bertz CT molecular complexity index is 340. The number of nitrogens with zero attached hydrogens (tertiary/aromatic N) is 2. The lowest BCUT2D eigenvalue weighted by molar-refractivity contribution is -0.134. The van der Waals surface area contributed by atoms with Crippen molar-refractivity contribution >= 4 is 5.91 Å². The third-order valence-electron chi connectivity index (χ3n) is 4.96. The molecule has 0 bridgehead atoms. The number of hydrogen-bond donors (Lipinski definition) is 2. The molecule has 0 aromatic heterocycles. The first-order valence-corrected chi connectivity index (χ1v) is 8.36. The van der Waals surface area contributed by atoms with E-state index in [1.54, 1.807) is 0 Å². The molecule has 1 saturated heterocycles. The van der Waals surface area contributed by atoms with Crippen molar-refractivity contribution < 1.29 is 9.90 Å². The van der Waals surface area contributed by atoms with Crippen LogP contribution in [0.4, 0.5) is 0 Å². The molecule has 0 aromatic rings. The number of rotatable bonds is 5. The van der Waals surface area contributed by atoms with E-state index in [4.69, 9.17) is 5.73 Å². The van der Waals surface area contributed by atoms with Crippen LogP contribution in [0.5, 0.6) is 0 Å². The molecule has 0 spiro atoms. The van der Waals surface area contributed by atoms with Crippen LogP contribution >= 0.6 is 0 Å².